The molecule has 8 nitrogen and oxygen atoms in total. The van der Waals surface area contributed by atoms with Crippen molar-refractivity contribution in [1.29, 1.82) is 0 Å². The lowest BCUT2D eigenvalue weighted by Crippen LogP contribution is -2.28. The van der Waals surface area contributed by atoms with E-state index in [2.05, 4.69) is 25.9 Å². The van der Waals surface area contributed by atoms with Gasteiger partial charge in [-0.15, -0.1) is 0 Å². The third-order valence-corrected chi connectivity index (χ3v) is 5.47. The smallest absolute Gasteiger partial charge is 0.251 e. The number of ether oxygens (including phenoxy) is 1. The van der Waals surface area contributed by atoms with Crippen molar-refractivity contribution in [2.75, 3.05) is 23.8 Å². The maximum absolute atomic E-state index is 12.4. The van der Waals surface area contributed by atoms with Crippen LogP contribution in [0.15, 0.2) is 85.1 Å². The number of hydrogen-bond donors (Lipinski definition) is 3. The van der Waals surface area contributed by atoms with E-state index in [1.54, 1.807) is 30.5 Å². The van der Waals surface area contributed by atoms with Gasteiger partial charge in [-0.3, -0.25) is 9.59 Å². The summed E-state index contributed by atoms with van der Waals surface area (Å²) in [5, 5.41) is 8.93. The minimum atomic E-state index is -0.178. The van der Waals surface area contributed by atoms with E-state index in [-0.39, 0.29) is 18.2 Å². The molecule has 174 valence electrons. The summed E-state index contributed by atoms with van der Waals surface area (Å²) < 4.78 is 5.59. The van der Waals surface area contributed by atoms with Crippen LogP contribution in [0.3, 0.4) is 0 Å². The van der Waals surface area contributed by atoms with E-state index in [0.29, 0.717) is 30.4 Å². The van der Waals surface area contributed by atoms with E-state index in [1.807, 2.05) is 54.6 Å². The molecule has 1 aliphatic rings. The molecule has 0 bridgehead atoms. The first-order valence-electron chi connectivity index (χ1n) is 11.2. The second kappa shape index (κ2) is 10.0. The molecule has 0 unspecified atom stereocenters. The highest BCUT2D eigenvalue weighted by atomic mass is 16.5. The number of rotatable bonds is 7. The van der Waals surface area contributed by atoms with Gasteiger partial charge in [-0.1, -0.05) is 36.4 Å². The Morgan fingerprint density at radius 2 is 1.74 bits per heavy atom. The van der Waals surface area contributed by atoms with Gasteiger partial charge in [-0.25, -0.2) is 9.97 Å². The summed E-state index contributed by atoms with van der Waals surface area (Å²) >= 11 is 0. The van der Waals surface area contributed by atoms with Gasteiger partial charge in [0, 0.05) is 28.6 Å². The number of fused-ring (bicyclic) bond motifs is 3. The molecule has 0 radical (unpaired) electrons. The van der Waals surface area contributed by atoms with Crippen molar-refractivity contribution < 1.29 is 14.3 Å². The Morgan fingerprint density at radius 1 is 0.971 bits per heavy atom. The maximum Gasteiger partial charge on any atom is 0.251 e. The predicted molar refractivity (Wildman–Crippen MR) is 134 cm³/mol. The molecule has 3 N–H and O–H groups in total. The minimum Gasteiger partial charge on any atom is -0.492 e. The number of anilines is 3. The highest BCUT2D eigenvalue weighted by Gasteiger charge is 2.20. The van der Waals surface area contributed by atoms with Crippen LogP contribution in [-0.4, -0.2) is 34.9 Å². The first-order valence-corrected chi connectivity index (χ1v) is 11.2. The molecular weight excluding hydrogens is 442 g/mol. The molecule has 0 spiro atoms. The first-order chi connectivity index (χ1) is 17.2. The van der Waals surface area contributed by atoms with Gasteiger partial charge in [0.1, 0.15) is 12.4 Å². The molecule has 0 saturated carbocycles. The number of benzene rings is 3. The second-order valence-electron chi connectivity index (χ2n) is 7.96. The average molecular weight is 466 g/mol. The fourth-order valence-electron chi connectivity index (χ4n) is 3.78. The largest absolute Gasteiger partial charge is 0.492 e. The van der Waals surface area contributed by atoms with Crippen molar-refractivity contribution >= 4 is 29.1 Å². The Balaban J connectivity index is 1.22. The van der Waals surface area contributed by atoms with Crippen LogP contribution in [0.25, 0.3) is 11.3 Å². The number of nitrogens with one attached hydrogen (secondary N) is 3. The molecule has 0 aliphatic carbocycles. The van der Waals surface area contributed by atoms with E-state index in [4.69, 9.17) is 4.74 Å². The van der Waals surface area contributed by atoms with Gasteiger partial charge in [0.15, 0.2) is 0 Å². The monoisotopic (exact) mass is 465 g/mol. The molecule has 2 heterocycles. The molecule has 2 amide bonds. The summed E-state index contributed by atoms with van der Waals surface area (Å²) in [6, 6.07) is 24.1. The van der Waals surface area contributed by atoms with Crippen LogP contribution in [0.1, 0.15) is 15.9 Å². The number of nitrogens with zero attached hydrogens (tertiary/aromatic N) is 2. The predicted octanol–water partition coefficient (Wildman–Crippen LogP) is 4.19. The average Bonchev–Trinajstić information content (AvgIpc) is 3.03. The van der Waals surface area contributed by atoms with Crippen LogP contribution in [-0.2, 0) is 11.2 Å². The van der Waals surface area contributed by atoms with Gasteiger partial charge in [0.25, 0.3) is 5.91 Å². The fraction of sp³-hybridized carbons (Fsp3) is 0.111. The van der Waals surface area contributed by atoms with Crippen molar-refractivity contribution in [1.82, 2.24) is 15.3 Å². The molecular formula is C27H23N5O3. The molecule has 4 aromatic rings. The maximum atomic E-state index is 12.4. The van der Waals surface area contributed by atoms with Crippen LogP contribution >= 0.6 is 0 Å². The molecule has 35 heavy (non-hydrogen) atoms. The first kappa shape index (κ1) is 22.1. The number of aromatic nitrogens is 2. The van der Waals surface area contributed by atoms with Crippen molar-refractivity contribution in [2.45, 2.75) is 6.42 Å². The molecule has 0 atom stereocenters. The van der Waals surface area contributed by atoms with E-state index in [1.165, 1.54) is 0 Å². The van der Waals surface area contributed by atoms with Crippen LogP contribution in [0, 0.1) is 0 Å². The van der Waals surface area contributed by atoms with E-state index < -0.39 is 0 Å². The van der Waals surface area contributed by atoms with E-state index in [9.17, 15) is 9.59 Å². The Bertz CT molecular complexity index is 1360. The third kappa shape index (κ3) is 5.27. The van der Waals surface area contributed by atoms with Crippen molar-refractivity contribution in [2.24, 2.45) is 0 Å². The minimum absolute atomic E-state index is 0.0963. The zero-order valence-electron chi connectivity index (χ0n) is 18.8. The number of carbonyl (C=O) groups excluding carboxylic acids is 2. The Hall–Kier alpha value is -4.72. The summed E-state index contributed by atoms with van der Waals surface area (Å²) in [5.41, 5.74) is 4.33. The molecule has 8 heteroatoms. The van der Waals surface area contributed by atoms with Crippen molar-refractivity contribution in [3.05, 3.63) is 96.2 Å². The Morgan fingerprint density at radius 3 is 2.57 bits per heavy atom. The Labute approximate surface area is 202 Å². The number of para-hydroxylation sites is 2. The summed E-state index contributed by atoms with van der Waals surface area (Å²) in [4.78, 5) is 33.7. The SMILES string of the molecule is O=C1Cc2cnc(Nc3ccc(C(=O)NCCOc4ccccc4)cc3)nc2-c2ccccc2N1. The van der Waals surface area contributed by atoms with Crippen LogP contribution in [0.2, 0.25) is 0 Å². The Kier molecular flexibility index (Phi) is 6.34. The van der Waals surface area contributed by atoms with Crippen LogP contribution < -0.4 is 20.7 Å². The van der Waals surface area contributed by atoms with Crippen molar-refractivity contribution in [3.8, 4) is 17.0 Å². The number of amides is 2. The molecule has 1 aromatic heterocycles. The number of hydrogen-bond acceptors (Lipinski definition) is 6. The van der Waals surface area contributed by atoms with Gasteiger partial charge < -0.3 is 20.7 Å². The van der Waals surface area contributed by atoms with Gasteiger partial charge >= 0.3 is 0 Å². The summed E-state index contributed by atoms with van der Waals surface area (Å²) in [6.07, 6.45) is 1.89. The van der Waals surface area contributed by atoms with E-state index >= 15 is 0 Å². The van der Waals surface area contributed by atoms with Gasteiger partial charge in [-0.2, -0.15) is 0 Å². The molecule has 0 saturated heterocycles. The molecule has 0 fully saturated rings. The van der Waals surface area contributed by atoms with Gasteiger partial charge in [0.2, 0.25) is 11.9 Å². The quantitative estimate of drug-likeness (QED) is 0.354. The number of carbonyl (C=O) groups is 2. The molecule has 1 aliphatic heterocycles. The van der Waals surface area contributed by atoms with E-state index in [0.717, 1.165) is 28.3 Å². The fourth-order valence-corrected chi connectivity index (χ4v) is 3.78. The zero-order chi connectivity index (χ0) is 24.0. The third-order valence-electron chi connectivity index (χ3n) is 5.47. The summed E-state index contributed by atoms with van der Waals surface area (Å²) in [5.74, 6) is 0.899. The highest BCUT2D eigenvalue weighted by Crippen LogP contribution is 2.32. The lowest BCUT2D eigenvalue weighted by molar-refractivity contribution is -0.115. The zero-order valence-corrected chi connectivity index (χ0v) is 18.8. The molecule has 3 aromatic carbocycles. The highest BCUT2D eigenvalue weighted by molar-refractivity contribution is 6.00. The standard InChI is InChI=1S/C27H23N5O3/c33-24-16-19-17-29-27(32-25(19)22-8-4-5-9-23(22)31-24)30-20-12-10-18(11-13-20)26(34)28-14-15-35-21-6-2-1-3-7-21/h1-13,17H,14-16H2,(H,28,34)(H,31,33)(H,29,30,32). The van der Waals surface area contributed by atoms with Gasteiger partial charge in [-0.05, 0) is 42.5 Å². The lowest BCUT2D eigenvalue weighted by atomic mass is 10.1. The second-order valence-corrected chi connectivity index (χ2v) is 7.96. The van der Waals surface area contributed by atoms with Crippen molar-refractivity contribution in [3.63, 3.8) is 0 Å². The van der Waals surface area contributed by atoms with Crippen LogP contribution in [0.4, 0.5) is 17.3 Å². The van der Waals surface area contributed by atoms with Gasteiger partial charge in [0.05, 0.1) is 24.3 Å². The normalized spacial score (nSPS) is 11.9. The molecule has 5 rings (SSSR count). The lowest BCUT2D eigenvalue weighted by Gasteiger charge is -2.11. The van der Waals surface area contributed by atoms with Crippen LogP contribution in [0.5, 0.6) is 5.75 Å². The summed E-state index contributed by atoms with van der Waals surface area (Å²) in [7, 11) is 0. The topological polar surface area (TPSA) is 105 Å². The summed E-state index contributed by atoms with van der Waals surface area (Å²) in [6.45, 7) is 0.783.